The van der Waals surface area contributed by atoms with Crippen LogP contribution >= 0.6 is 23.2 Å². The van der Waals surface area contributed by atoms with Crippen molar-refractivity contribution in [2.75, 3.05) is 0 Å². The summed E-state index contributed by atoms with van der Waals surface area (Å²) in [4.78, 5) is 0. The van der Waals surface area contributed by atoms with E-state index in [4.69, 9.17) is 23.2 Å². The van der Waals surface area contributed by atoms with Crippen LogP contribution in [0.15, 0.2) is 18.2 Å². The molecule has 0 aliphatic rings. The smallest absolute Gasteiger partial charge is 0.0805 e. The third-order valence-electron chi connectivity index (χ3n) is 3.17. The molecule has 0 fully saturated rings. The van der Waals surface area contributed by atoms with Gasteiger partial charge in [0.25, 0.3) is 0 Å². The van der Waals surface area contributed by atoms with Gasteiger partial charge in [0.2, 0.25) is 0 Å². The Labute approximate surface area is 120 Å². The minimum atomic E-state index is -0.498. The number of halogens is 2. The molecule has 0 saturated heterocycles. The van der Waals surface area contributed by atoms with Crippen LogP contribution in [0.4, 0.5) is 0 Å². The molecule has 0 aliphatic heterocycles. The first kappa shape index (κ1) is 15.8. The van der Waals surface area contributed by atoms with Gasteiger partial charge in [-0.25, -0.2) is 0 Å². The maximum absolute atomic E-state index is 10.1. The van der Waals surface area contributed by atoms with E-state index in [1.807, 2.05) is 12.1 Å². The van der Waals surface area contributed by atoms with Crippen LogP contribution in [0.3, 0.4) is 0 Å². The van der Waals surface area contributed by atoms with Gasteiger partial charge in [-0.2, -0.15) is 0 Å². The fourth-order valence-corrected chi connectivity index (χ4v) is 2.49. The van der Waals surface area contributed by atoms with Gasteiger partial charge in [0.05, 0.1) is 16.1 Å². The van der Waals surface area contributed by atoms with Gasteiger partial charge in [-0.05, 0) is 12.5 Å². The van der Waals surface area contributed by atoms with Crippen LogP contribution < -0.4 is 0 Å². The Balaban J connectivity index is 2.32. The second kappa shape index (κ2) is 8.79. The van der Waals surface area contributed by atoms with E-state index in [0.29, 0.717) is 10.0 Å². The van der Waals surface area contributed by atoms with E-state index in [-0.39, 0.29) is 0 Å². The van der Waals surface area contributed by atoms with Gasteiger partial charge in [0, 0.05) is 5.56 Å². The van der Waals surface area contributed by atoms with Crippen molar-refractivity contribution in [2.45, 2.75) is 58.0 Å². The Morgan fingerprint density at radius 1 is 1.06 bits per heavy atom. The average Bonchev–Trinajstić information content (AvgIpc) is 2.36. The molecule has 0 aliphatic carbocycles. The van der Waals surface area contributed by atoms with Gasteiger partial charge in [-0.15, -0.1) is 0 Å². The van der Waals surface area contributed by atoms with Gasteiger partial charge in [-0.3, -0.25) is 0 Å². The summed E-state index contributed by atoms with van der Waals surface area (Å²) in [6.07, 6.45) is 7.59. The number of benzene rings is 1. The van der Waals surface area contributed by atoms with Gasteiger partial charge in [0.1, 0.15) is 0 Å². The maximum atomic E-state index is 10.1. The molecule has 1 aromatic carbocycles. The topological polar surface area (TPSA) is 20.2 Å². The minimum Gasteiger partial charge on any atom is -0.388 e. The molecule has 0 heterocycles. The lowest BCUT2D eigenvalue weighted by molar-refractivity contribution is 0.163. The molecule has 102 valence electrons. The molecule has 1 aromatic rings. The number of rotatable bonds is 8. The van der Waals surface area contributed by atoms with E-state index in [1.54, 1.807) is 6.07 Å². The molecule has 0 radical (unpaired) electrons. The fourth-order valence-electron chi connectivity index (χ4n) is 2.05. The van der Waals surface area contributed by atoms with Gasteiger partial charge >= 0.3 is 0 Å². The lowest BCUT2D eigenvalue weighted by atomic mass is 10.0. The van der Waals surface area contributed by atoms with Crippen molar-refractivity contribution in [3.8, 4) is 0 Å². The molecule has 0 amide bonds. The van der Waals surface area contributed by atoms with Gasteiger partial charge < -0.3 is 5.11 Å². The molecule has 0 aromatic heterocycles. The summed E-state index contributed by atoms with van der Waals surface area (Å²) in [6.45, 7) is 2.21. The van der Waals surface area contributed by atoms with Crippen molar-refractivity contribution >= 4 is 23.2 Å². The molecule has 0 spiro atoms. The van der Waals surface area contributed by atoms with Crippen molar-refractivity contribution in [2.24, 2.45) is 0 Å². The second-order valence-electron chi connectivity index (χ2n) is 4.72. The van der Waals surface area contributed by atoms with E-state index in [9.17, 15) is 5.11 Å². The Bertz CT molecular complexity index is 352. The number of hydrogen-bond acceptors (Lipinski definition) is 1. The first-order valence-corrected chi connectivity index (χ1v) is 7.54. The molecule has 1 N–H and O–H groups in total. The summed E-state index contributed by atoms with van der Waals surface area (Å²) >= 11 is 12.0. The molecule has 1 atom stereocenters. The summed E-state index contributed by atoms with van der Waals surface area (Å²) in [5.74, 6) is 0. The van der Waals surface area contributed by atoms with Crippen molar-refractivity contribution in [3.63, 3.8) is 0 Å². The maximum Gasteiger partial charge on any atom is 0.0805 e. The van der Waals surface area contributed by atoms with Crippen LogP contribution in [0.1, 0.15) is 63.5 Å². The highest BCUT2D eigenvalue weighted by atomic mass is 35.5. The summed E-state index contributed by atoms with van der Waals surface area (Å²) in [5.41, 5.74) is 0.748. The van der Waals surface area contributed by atoms with Crippen LogP contribution in [0.25, 0.3) is 0 Å². The third kappa shape index (κ3) is 5.17. The number of hydrogen-bond donors (Lipinski definition) is 1. The van der Waals surface area contributed by atoms with Crippen LogP contribution in [-0.4, -0.2) is 5.11 Å². The van der Waals surface area contributed by atoms with Crippen molar-refractivity contribution in [3.05, 3.63) is 33.8 Å². The van der Waals surface area contributed by atoms with Gasteiger partial charge in [-0.1, -0.05) is 80.8 Å². The quantitative estimate of drug-likeness (QED) is 0.602. The normalized spacial score (nSPS) is 12.7. The molecule has 1 nitrogen and oxygen atoms in total. The molecular weight excluding hydrogens is 267 g/mol. The van der Waals surface area contributed by atoms with Gasteiger partial charge in [0.15, 0.2) is 0 Å². The molecular formula is C15H22Cl2O. The second-order valence-corrected chi connectivity index (χ2v) is 5.50. The zero-order valence-corrected chi connectivity index (χ0v) is 12.5. The zero-order valence-electron chi connectivity index (χ0n) is 11.0. The predicted octanol–water partition coefficient (Wildman–Crippen LogP) is 5.78. The van der Waals surface area contributed by atoms with E-state index in [1.165, 1.54) is 32.1 Å². The fraction of sp³-hybridized carbons (Fsp3) is 0.600. The molecule has 18 heavy (non-hydrogen) atoms. The molecule has 0 saturated carbocycles. The lowest BCUT2D eigenvalue weighted by Gasteiger charge is -2.13. The van der Waals surface area contributed by atoms with Crippen molar-refractivity contribution < 1.29 is 5.11 Å². The predicted molar refractivity (Wildman–Crippen MR) is 79.4 cm³/mol. The summed E-state index contributed by atoms with van der Waals surface area (Å²) in [7, 11) is 0. The van der Waals surface area contributed by atoms with E-state index < -0.39 is 6.10 Å². The molecule has 3 heteroatoms. The molecule has 1 unspecified atom stereocenters. The Morgan fingerprint density at radius 2 is 1.72 bits per heavy atom. The monoisotopic (exact) mass is 288 g/mol. The summed E-state index contributed by atoms with van der Waals surface area (Å²) in [5, 5.41) is 11.1. The number of aliphatic hydroxyl groups excluding tert-OH is 1. The van der Waals surface area contributed by atoms with E-state index in [2.05, 4.69) is 6.92 Å². The summed E-state index contributed by atoms with van der Waals surface area (Å²) < 4.78 is 0. The van der Waals surface area contributed by atoms with E-state index in [0.717, 1.165) is 18.4 Å². The first-order chi connectivity index (χ1) is 8.66. The highest BCUT2D eigenvalue weighted by Gasteiger charge is 2.12. The SMILES string of the molecule is CCCCCCCCC(O)c1cccc(Cl)c1Cl. The molecule has 1 rings (SSSR count). The average molecular weight is 289 g/mol. The van der Waals surface area contributed by atoms with Crippen LogP contribution in [0, 0.1) is 0 Å². The van der Waals surface area contributed by atoms with Crippen molar-refractivity contribution in [1.29, 1.82) is 0 Å². The Kier molecular flexibility index (Phi) is 7.73. The first-order valence-electron chi connectivity index (χ1n) is 6.78. The minimum absolute atomic E-state index is 0.484. The third-order valence-corrected chi connectivity index (χ3v) is 4.01. The Morgan fingerprint density at radius 3 is 2.44 bits per heavy atom. The molecule has 0 bridgehead atoms. The lowest BCUT2D eigenvalue weighted by Crippen LogP contribution is -1.98. The Hall–Kier alpha value is -0.240. The number of aliphatic hydroxyl groups is 1. The largest absolute Gasteiger partial charge is 0.388 e. The highest BCUT2D eigenvalue weighted by Crippen LogP contribution is 2.32. The van der Waals surface area contributed by atoms with Crippen LogP contribution in [0.2, 0.25) is 10.0 Å². The summed E-state index contributed by atoms with van der Waals surface area (Å²) in [6, 6.07) is 5.41. The zero-order chi connectivity index (χ0) is 13.4. The van der Waals surface area contributed by atoms with Crippen LogP contribution in [-0.2, 0) is 0 Å². The van der Waals surface area contributed by atoms with Crippen molar-refractivity contribution in [1.82, 2.24) is 0 Å². The standard InChI is InChI=1S/C15H22Cl2O/c1-2-3-4-5-6-7-11-14(18)12-9-8-10-13(16)15(12)17/h8-10,14,18H,2-7,11H2,1H3. The number of unbranched alkanes of at least 4 members (excludes halogenated alkanes) is 5. The van der Waals surface area contributed by atoms with Crippen LogP contribution in [0.5, 0.6) is 0 Å². The van der Waals surface area contributed by atoms with E-state index >= 15 is 0 Å². The highest BCUT2D eigenvalue weighted by molar-refractivity contribution is 6.42.